The summed E-state index contributed by atoms with van der Waals surface area (Å²) >= 11 is 0. The SMILES string of the molecule is O=C(C[C@H](C(F)F)n1ccc(F)n1)N1CCC(O)(Cn2cnc3c(cnn3-c3ccc(F)cc3)c2=O)CC1. The fourth-order valence-electron chi connectivity index (χ4n) is 4.59. The molecule has 1 saturated heterocycles. The highest BCUT2D eigenvalue weighted by atomic mass is 19.3. The van der Waals surface area contributed by atoms with Crippen molar-refractivity contribution in [3.05, 3.63) is 71.2 Å². The molecular formula is C24H23F4N7O3. The Labute approximate surface area is 212 Å². The molecule has 0 unspecified atom stereocenters. The largest absolute Gasteiger partial charge is 0.388 e. The van der Waals surface area contributed by atoms with Crippen molar-refractivity contribution in [3.8, 4) is 5.69 Å². The van der Waals surface area contributed by atoms with Crippen molar-refractivity contribution in [2.24, 2.45) is 0 Å². The summed E-state index contributed by atoms with van der Waals surface area (Å²) in [6, 6.07) is 4.86. The van der Waals surface area contributed by atoms with Gasteiger partial charge in [0.1, 0.15) is 23.6 Å². The van der Waals surface area contributed by atoms with Crippen LogP contribution in [0.1, 0.15) is 25.3 Å². The number of carbonyl (C=O) groups excluding carboxylic acids is 1. The van der Waals surface area contributed by atoms with Gasteiger partial charge >= 0.3 is 0 Å². The zero-order chi connectivity index (χ0) is 27.0. The molecule has 10 nitrogen and oxygen atoms in total. The van der Waals surface area contributed by atoms with E-state index >= 15 is 0 Å². The summed E-state index contributed by atoms with van der Waals surface area (Å²) in [5.74, 6) is -1.90. The van der Waals surface area contributed by atoms with Crippen LogP contribution in [-0.4, -0.2) is 70.1 Å². The highest BCUT2D eigenvalue weighted by Gasteiger charge is 2.36. The Morgan fingerprint density at radius 1 is 1.11 bits per heavy atom. The van der Waals surface area contributed by atoms with Gasteiger partial charge < -0.3 is 10.0 Å². The van der Waals surface area contributed by atoms with Crippen molar-refractivity contribution in [2.75, 3.05) is 13.1 Å². The van der Waals surface area contributed by atoms with Crippen LogP contribution in [-0.2, 0) is 11.3 Å². The molecule has 0 saturated carbocycles. The molecule has 200 valence electrons. The molecule has 0 aliphatic carbocycles. The molecule has 1 fully saturated rings. The van der Waals surface area contributed by atoms with Crippen LogP contribution >= 0.6 is 0 Å². The molecule has 1 aromatic carbocycles. The van der Waals surface area contributed by atoms with E-state index in [4.69, 9.17) is 0 Å². The molecule has 0 spiro atoms. The number of nitrogens with zero attached hydrogens (tertiary/aromatic N) is 7. The van der Waals surface area contributed by atoms with Gasteiger partial charge in [-0.05, 0) is 37.1 Å². The number of fused-ring (bicyclic) bond motifs is 1. The molecule has 4 aromatic rings. The molecule has 1 amide bonds. The van der Waals surface area contributed by atoms with E-state index in [1.54, 1.807) is 0 Å². The maximum Gasteiger partial charge on any atom is 0.264 e. The summed E-state index contributed by atoms with van der Waals surface area (Å²) in [6.45, 7) is 0.0854. The lowest BCUT2D eigenvalue weighted by Gasteiger charge is -2.38. The van der Waals surface area contributed by atoms with E-state index in [9.17, 15) is 32.3 Å². The van der Waals surface area contributed by atoms with Crippen molar-refractivity contribution in [2.45, 2.75) is 43.9 Å². The predicted molar refractivity (Wildman–Crippen MR) is 126 cm³/mol. The molecule has 4 heterocycles. The fraction of sp³-hybridized carbons (Fsp3) is 0.375. The van der Waals surface area contributed by atoms with Gasteiger partial charge in [0.25, 0.3) is 12.0 Å². The summed E-state index contributed by atoms with van der Waals surface area (Å²) < 4.78 is 56.8. The van der Waals surface area contributed by atoms with E-state index in [0.29, 0.717) is 5.69 Å². The Morgan fingerprint density at radius 3 is 2.45 bits per heavy atom. The third-order valence-electron chi connectivity index (χ3n) is 6.73. The maximum atomic E-state index is 13.5. The third-order valence-corrected chi connectivity index (χ3v) is 6.73. The van der Waals surface area contributed by atoms with Crippen molar-refractivity contribution >= 4 is 16.9 Å². The van der Waals surface area contributed by atoms with Crippen molar-refractivity contribution in [3.63, 3.8) is 0 Å². The van der Waals surface area contributed by atoms with Crippen LogP contribution < -0.4 is 5.56 Å². The molecule has 5 rings (SSSR count). The van der Waals surface area contributed by atoms with Crippen LogP contribution in [0.3, 0.4) is 0 Å². The summed E-state index contributed by atoms with van der Waals surface area (Å²) in [5.41, 5.74) is -0.971. The van der Waals surface area contributed by atoms with E-state index in [-0.39, 0.29) is 43.5 Å². The second-order valence-electron chi connectivity index (χ2n) is 9.28. The Morgan fingerprint density at radius 2 is 1.82 bits per heavy atom. The van der Waals surface area contributed by atoms with Gasteiger partial charge in [0.05, 0.1) is 30.5 Å². The molecule has 0 bridgehead atoms. The zero-order valence-electron chi connectivity index (χ0n) is 19.9. The summed E-state index contributed by atoms with van der Waals surface area (Å²) in [6.07, 6.45) is 0.401. The standard InChI is InChI=1S/C24H23F4N7O3/c25-15-1-3-16(4-2-15)35-22-17(12-30-35)23(37)33(14-29-22)13-24(38)6-9-32(10-7-24)20(36)11-18(21(27)28)34-8-5-19(26)31-34/h1-5,8,12,14,18,21,38H,6-7,9-11,13H2/t18-/m1/s1. The summed E-state index contributed by atoms with van der Waals surface area (Å²) in [4.78, 5) is 31.4. The first-order chi connectivity index (χ1) is 18.1. The second-order valence-corrected chi connectivity index (χ2v) is 9.28. The van der Waals surface area contributed by atoms with Crippen molar-refractivity contribution in [1.29, 1.82) is 0 Å². The van der Waals surface area contributed by atoms with Crippen LogP contribution in [0.25, 0.3) is 16.7 Å². The average molecular weight is 533 g/mol. The lowest BCUT2D eigenvalue weighted by molar-refractivity contribution is -0.138. The van der Waals surface area contributed by atoms with Gasteiger partial charge in [-0.15, -0.1) is 5.10 Å². The number of aromatic nitrogens is 6. The number of halogens is 4. The third kappa shape index (κ3) is 5.03. The normalized spacial score (nSPS) is 16.3. The molecule has 38 heavy (non-hydrogen) atoms. The molecule has 1 atom stereocenters. The topological polar surface area (TPSA) is 111 Å². The minimum atomic E-state index is -2.93. The summed E-state index contributed by atoms with van der Waals surface area (Å²) in [5, 5.41) is 18.9. The fourth-order valence-corrected chi connectivity index (χ4v) is 4.59. The summed E-state index contributed by atoms with van der Waals surface area (Å²) in [7, 11) is 0. The highest BCUT2D eigenvalue weighted by Crippen LogP contribution is 2.27. The monoisotopic (exact) mass is 533 g/mol. The van der Waals surface area contributed by atoms with Crippen LogP contribution in [0.4, 0.5) is 17.6 Å². The van der Waals surface area contributed by atoms with Gasteiger partial charge in [-0.2, -0.15) is 9.49 Å². The van der Waals surface area contributed by atoms with Gasteiger partial charge in [0.15, 0.2) is 5.65 Å². The Bertz CT molecular complexity index is 1510. The maximum absolute atomic E-state index is 13.5. The number of carbonyl (C=O) groups is 1. The molecule has 3 aromatic heterocycles. The van der Waals surface area contributed by atoms with E-state index in [1.165, 1.54) is 50.9 Å². The van der Waals surface area contributed by atoms with Gasteiger partial charge in [-0.1, -0.05) is 0 Å². The van der Waals surface area contributed by atoms with E-state index < -0.39 is 47.7 Å². The number of alkyl halides is 2. The van der Waals surface area contributed by atoms with E-state index in [1.807, 2.05) is 0 Å². The quantitative estimate of drug-likeness (QED) is 0.365. The lowest BCUT2D eigenvalue weighted by atomic mass is 9.91. The molecule has 1 N–H and O–H groups in total. The number of hydrogen-bond donors (Lipinski definition) is 1. The average Bonchev–Trinajstić information content (AvgIpc) is 3.51. The van der Waals surface area contributed by atoms with Gasteiger partial charge in [-0.25, -0.2) is 22.8 Å². The Balaban J connectivity index is 1.25. The Hall–Kier alpha value is -4.07. The Kier molecular flexibility index (Phi) is 6.73. The second kappa shape index (κ2) is 10.0. The number of benzene rings is 1. The molecule has 14 heteroatoms. The number of aliphatic hydroxyl groups is 1. The van der Waals surface area contributed by atoms with E-state index in [2.05, 4.69) is 15.2 Å². The van der Waals surface area contributed by atoms with Crippen LogP contribution in [0.15, 0.2) is 53.8 Å². The van der Waals surface area contributed by atoms with Gasteiger partial charge in [0.2, 0.25) is 11.9 Å². The minimum Gasteiger partial charge on any atom is -0.388 e. The van der Waals surface area contributed by atoms with Crippen molar-refractivity contribution < 1.29 is 27.5 Å². The van der Waals surface area contributed by atoms with Gasteiger partial charge in [-0.3, -0.25) is 18.8 Å². The number of amides is 1. The first-order valence-electron chi connectivity index (χ1n) is 11.8. The number of rotatable bonds is 7. The van der Waals surface area contributed by atoms with Gasteiger partial charge in [0, 0.05) is 25.4 Å². The molecule has 1 aliphatic rings. The van der Waals surface area contributed by atoms with Crippen molar-refractivity contribution in [1.82, 2.24) is 34.0 Å². The number of hydrogen-bond acceptors (Lipinski definition) is 6. The molecule has 1 aliphatic heterocycles. The van der Waals surface area contributed by atoms with Crippen LogP contribution in [0, 0.1) is 11.8 Å². The van der Waals surface area contributed by atoms with E-state index in [0.717, 1.165) is 16.9 Å². The molecule has 0 radical (unpaired) electrons. The predicted octanol–water partition coefficient (Wildman–Crippen LogP) is 2.31. The smallest absolute Gasteiger partial charge is 0.264 e. The zero-order valence-corrected chi connectivity index (χ0v) is 19.9. The first kappa shape index (κ1) is 25.6. The number of piperidine rings is 1. The number of likely N-dealkylation sites (tertiary alicyclic amines) is 1. The highest BCUT2D eigenvalue weighted by molar-refractivity contribution is 5.77. The van der Waals surface area contributed by atoms with Crippen LogP contribution in [0.5, 0.6) is 0 Å². The lowest BCUT2D eigenvalue weighted by Crippen LogP contribution is -2.50. The molecular weight excluding hydrogens is 510 g/mol. The minimum absolute atomic E-state index is 0.0890. The first-order valence-corrected chi connectivity index (χ1v) is 11.8. The van der Waals surface area contributed by atoms with Crippen LogP contribution in [0.2, 0.25) is 0 Å².